The van der Waals surface area contributed by atoms with Crippen molar-refractivity contribution >= 4 is 5.97 Å². The second kappa shape index (κ2) is 5.64. The van der Waals surface area contributed by atoms with Gasteiger partial charge < -0.3 is 15.6 Å². The van der Waals surface area contributed by atoms with E-state index in [9.17, 15) is 9.90 Å². The molecule has 0 amide bonds. The van der Waals surface area contributed by atoms with Gasteiger partial charge in [-0.2, -0.15) is 0 Å². The Balaban J connectivity index is 2.70. The van der Waals surface area contributed by atoms with E-state index >= 15 is 0 Å². The van der Waals surface area contributed by atoms with Crippen LogP contribution in [0.4, 0.5) is 0 Å². The van der Waals surface area contributed by atoms with E-state index in [1.807, 2.05) is 13.8 Å². The van der Waals surface area contributed by atoms with Gasteiger partial charge in [0.15, 0.2) is 0 Å². The van der Waals surface area contributed by atoms with Gasteiger partial charge in [-0.15, -0.1) is 0 Å². The Morgan fingerprint density at radius 1 is 1.62 bits per heavy atom. The van der Waals surface area contributed by atoms with Crippen molar-refractivity contribution in [3.05, 3.63) is 0 Å². The summed E-state index contributed by atoms with van der Waals surface area (Å²) < 4.78 is 5.52. The number of hydrogen-bond acceptors (Lipinski definition) is 3. The minimum atomic E-state index is -0.802. The molecule has 2 atom stereocenters. The van der Waals surface area contributed by atoms with Gasteiger partial charge in [0.05, 0.1) is 11.5 Å². The second-order valence-electron chi connectivity index (χ2n) is 5.23. The first kappa shape index (κ1) is 13.5. The van der Waals surface area contributed by atoms with E-state index < -0.39 is 11.4 Å². The highest BCUT2D eigenvalue weighted by Gasteiger charge is 2.40. The molecule has 4 heteroatoms. The number of rotatable bonds is 6. The molecule has 0 aromatic carbocycles. The molecule has 16 heavy (non-hydrogen) atoms. The summed E-state index contributed by atoms with van der Waals surface area (Å²) in [4.78, 5) is 11.4. The second-order valence-corrected chi connectivity index (χ2v) is 5.23. The van der Waals surface area contributed by atoms with Crippen LogP contribution in [0.3, 0.4) is 0 Å². The maximum Gasteiger partial charge on any atom is 0.311 e. The maximum atomic E-state index is 11.4. The standard InChI is InChI=1S/C12H23NO3/c1-9(2)6-12(8-13,11(14)15)7-10-4-3-5-16-10/h9-10H,3-8,13H2,1-2H3,(H,14,15). The normalized spacial score (nSPS) is 24.6. The van der Waals surface area contributed by atoms with Crippen molar-refractivity contribution in [2.45, 2.75) is 45.6 Å². The van der Waals surface area contributed by atoms with Crippen LogP contribution in [-0.2, 0) is 9.53 Å². The average molecular weight is 229 g/mol. The lowest BCUT2D eigenvalue weighted by Crippen LogP contribution is -2.42. The molecular weight excluding hydrogens is 206 g/mol. The molecule has 0 saturated carbocycles. The summed E-state index contributed by atoms with van der Waals surface area (Å²) in [6.45, 7) is 5.01. The Hall–Kier alpha value is -0.610. The van der Waals surface area contributed by atoms with Crippen LogP contribution in [0.5, 0.6) is 0 Å². The van der Waals surface area contributed by atoms with Gasteiger partial charge in [0.1, 0.15) is 0 Å². The molecule has 2 unspecified atom stereocenters. The molecular formula is C12H23NO3. The third-order valence-corrected chi connectivity index (χ3v) is 3.29. The summed E-state index contributed by atoms with van der Waals surface area (Å²) in [5.41, 5.74) is 4.90. The highest BCUT2D eigenvalue weighted by atomic mass is 16.5. The molecule has 1 aliphatic heterocycles. The van der Waals surface area contributed by atoms with E-state index in [0.29, 0.717) is 18.8 Å². The Kier molecular flexibility index (Phi) is 4.74. The quantitative estimate of drug-likeness (QED) is 0.726. The minimum Gasteiger partial charge on any atom is -0.481 e. The molecule has 94 valence electrons. The summed E-state index contributed by atoms with van der Waals surface area (Å²) in [6.07, 6.45) is 3.26. The molecule has 1 aliphatic rings. The van der Waals surface area contributed by atoms with Gasteiger partial charge in [0.2, 0.25) is 0 Å². The van der Waals surface area contributed by atoms with Crippen molar-refractivity contribution in [2.24, 2.45) is 17.1 Å². The highest BCUT2D eigenvalue weighted by Crippen LogP contribution is 2.34. The molecule has 0 aromatic rings. The fraction of sp³-hybridized carbons (Fsp3) is 0.917. The largest absolute Gasteiger partial charge is 0.481 e. The first-order valence-electron chi connectivity index (χ1n) is 6.05. The number of carboxylic acids is 1. The SMILES string of the molecule is CC(C)CC(CN)(CC1CCCO1)C(=O)O. The zero-order valence-corrected chi connectivity index (χ0v) is 10.2. The zero-order chi connectivity index (χ0) is 12.2. The lowest BCUT2D eigenvalue weighted by molar-refractivity contribution is -0.151. The number of ether oxygens (including phenoxy) is 1. The van der Waals surface area contributed by atoms with Crippen LogP contribution >= 0.6 is 0 Å². The lowest BCUT2D eigenvalue weighted by Gasteiger charge is -2.31. The predicted molar refractivity (Wildman–Crippen MR) is 62.2 cm³/mol. The van der Waals surface area contributed by atoms with Gasteiger partial charge in [-0.1, -0.05) is 13.8 Å². The smallest absolute Gasteiger partial charge is 0.311 e. The summed E-state index contributed by atoms with van der Waals surface area (Å²) in [5, 5.41) is 9.40. The van der Waals surface area contributed by atoms with E-state index in [4.69, 9.17) is 10.5 Å². The van der Waals surface area contributed by atoms with E-state index in [1.54, 1.807) is 0 Å². The first-order valence-corrected chi connectivity index (χ1v) is 6.05. The Labute approximate surface area is 97.2 Å². The first-order chi connectivity index (χ1) is 7.50. The third kappa shape index (κ3) is 3.19. The van der Waals surface area contributed by atoms with Crippen molar-refractivity contribution in [3.63, 3.8) is 0 Å². The monoisotopic (exact) mass is 229 g/mol. The maximum absolute atomic E-state index is 11.4. The topological polar surface area (TPSA) is 72.5 Å². The van der Waals surface area contributed by atoms with Crippen molar-refractivity contribution in [3.8, 4) is 0 Å². The predicted octanol–water partition coefficient (Wildman–Crippen LogP) is 1.63. The van der Waals surface area contributed by atoms with E-state index in [0.717, 1.165) is 19.4 Å². The Morgan fingerprint density at radius 3 is 2.69 bits per heavy atom. The van der Waals surface area contributed by atoms with Gasteiger partial charge in [0, 0.05) is 13.2 Å². The summed E-state index contributed by atoms with van der Waals surface area (Å²) in [7, 11) is 0. The third-order valence-electron chi connectivity index (χ3n) is 3.29. The van der Waals surface area contributed by atoms with Crippen LogP contribution in [0.25, 0.3) is 0 Å². The summed E-state index contributed by atoms with van der Waals surface area (Å²) >= 11 is 0. The molecule has 0 radical (unpaired) electrons. The van der Waals surface area contributed by atoms with Crippen molar-refractivity contribution in [1.29, 1.82) is 0 Å². The van der Waals surface area contributed by atoms with E-state index in [-0.39, 0.29) is 12.6 Å². The molecule has 1 rings (SSSR count). The van der Waals surface area contributed by atoms with Gasteiger partial charge in [-0.05, 0) is 31.6 Å². The fourth-order valence-electron chi connectivity index (χ4n) is 2.53. The van der Waals surface area contributed by atoms with Crippen molar-refractivity contribution < 1.29 is 14.6 Å². The summed E-state index contributed by atoms with van der Waals surface area (Å²) in [5.74, 6) is -0.444. The molecule has 0 bridgehead atoms. The van der Waals surface area contributed by atoms with Crippen LogP contribution < -0.4 is 5.73 Å². The summed E-state index contributed by atoms with van der Waals surface area (Å²) in [6, 6.07) is 0. The molecule has 1 heterocycles. The number of carboxylic acid groups (broad SMARTS) is 1. The van der Waals surface area contributed by atoms with E-state index in [2.05, 4.69) is 0 Å². The molecule has 1 fully saturated rings. The lowest BCUT2D eigenvalue weighted by atomic mass is 9.75. The van der Waals surface area contributed by atoms with Gasteiger partial charge >= 0.3 is 5.97 Å². The van der Waals surface area contributed by atoms with Gasteiger partial charge in [0.25, 0.3) is 0 Å². The molecule has 3 N–H and O–H groups in total. The molecule has 0 spiro atoms. The van der Waals surface area contributed by atoms with Gasteiger partial charge in [-0.25, -0.2) is 0 Å². The van der Waals surface area contributed by atoms with Crippen LogP contribution in [-0.4, -0.2) is 30.3 Å². The highest BCUT2D eigenvalue weighted by molar-refractivity contribution is 5.75. The van der Waals surface area contributed by atoms with Crippen molar-refractivity contribution in [2.75, 3.05) is 13.2 Å². The number of carbonyl (C=O) groups is 1. The van der Waals surface area contributed by atoms with Gasteiger partial charge in [-0.3, -0.25) is 4.79 Å². The molecule has 0 aromatic heterocycles. The van der Waals surface area contributed by atoms with Crippen LogP contribution in [0.15, 0.2) is 0 Å². The van der Waals surface area contributed by atoms with Crippen LogP contribution in [0.2, 0.25) is 0 Å². The number of aliphatic carboxylic acids is 1. The number of nitrogens with two attached hydrogens (primary N) is 1. The molecule has 4 nitrogen and oxygen atoms in total. The van der Waals surface area contributed by atoms with Crippen molar-refractivity contribution in [1.82, 2.24) is 0 Å². The molecule has 0 aliphatic carbocycles. The Morgan fingerprint density at radius 2 is 2.31 bits per heavy atom. The van der Waals surface area contributed by atoms with Crippen LogP contribution in [0.1, 0.15) is 39.5 Å². The zero-order valence-electron chi connectivity index (χ0n) is 10.2. The number of hydrogen-bond donors (Lipinski definition) is 2. The van der Waals surface area contributed by atoms with Crippen LogP contribution in [0, 0.1) is 11.3 Å². The molecule has 1 saturated heterocycles. The van der Waals surface area contributed by atoms with E-state index in [1.165, 1.54) is 0 Å². The minimum absolute atomic E-state index is 0.0819. The average Bonchev–Trinajstić information content (AvgIpc) is 2.68. The Bertz CT molecular complexity index is 236. The fourth-order valence-corrected chi connectivity index (χ4v) is 2.53.